The summed E-state index contributed by atoms with van der Waals surface area (Å²) in [5, 5.41) is 16.7. The number of nitrogens with zero attached hydrogens (tertiary/aromatic N) is 4. The molecule has 0 saturated carbocycles. The number of anilines is 1. The van der Waals surface area contributed by atoms with Crippen molar-refractivity contribution in [3.05, 3.63) is 22.7 Å². The second-order valence-corrected chi connectivity index (χ2v) is 6.21. The highest BCUT2D eigenvalue weighted by molar-refractivity contribution is 7.99. The topological polar surface area (TPSA) is 96.7 Å². The van der Waals surface area contributed by atoms with Crippen LogP contribution in [0.1, 0.15) is 35.6 Å². The number of carbonyl (C=O) groups is 1. The third-order valence-electron chi connectivity index (χ3n) is 3.74. The molecule has 0 fully saturated rings. The Morgan fingerprint density at radius 3 is 2.95 bits per heavy atom. The van der Waals surface area contributed by atoms with Gasteiger partial charge in [0.1, 0.15) is 11.8 Å². The lowest BCUT2D eigenvalue weighted by atomic mass is 9.99. The molecule has 7 nitrogen and oxygen atoms in total. The van der Waals surface area contributed by atoms with Crippen molar-refractivity contribution in [2.75, 3.05) is 11.1 Å². The zero-order valence-electron chi connectivity index (χ0n) is 12.5. The molecule has 1 aliphatic rings. The van der Waals surface area contributed by atoms with E-state index in [9.17, 15) is 10.1 Å². The summed E-state index contributed by atoms with van der Waals surface area (Å²) in [5.74, 6) is 1.20. The molecular formula is C14H15N5O2S. The number of fused-ring (bicyclic) bond motifs is 1. The molecule has 0 saturated heterocycles. The van der Waals surface area contributed by atoms with Crippen molar-refractivity contribution in [2.45, 2.75) is 38.4 Å². The zero-order chi connectivity index (χ0) is 15.9. The number of rotatable bonds is 3. The van der Waals surface area contributed by atoms with Gasteiger partial charge in [0.05, 0.1) is 11.6 Å². The van der Waals surface area contributed by atoms with Gasteiger partial charge in [-0.1, -0.05) is 16.9 Å². The van der Waals surface area contributed by atoms with E-state index in [4.69, 9.17) is 4.52 Å². The first-order chi connectivity index (χ1) is 10.5. The lowest BCUT2D eigenvalue weighted by Crippen LogP contribution is -2.20. The molecule has 0 bridgehead atoms. The van der Waals surface area contributed by atoms with Crippen LogP contribution < -0.4 is 5.32 Å². The number of nitrogens with one attached hydrogen (secondary N) is 1. The normalized spacial score (nSPS) is 14.5. The van der Waals surface area contributed by atoms with Gasteiger partial charge in [0.2, 0.25) is 5.91 Å². The number of amides is 1. The molecule has 2 aromatic heterocycles. The minimum Gasteiger partial charge on any atom is -0.361 e. The van der Waals surface area contributed by atoms with Crippen LogP contribution in [0.3, 0.4) is 0 Å². The van der Waals surface area contributed by atoms with Gasteiger partial charge in [-0.15, -0.1) is 0 Å². The van der Waals surface area contributed by atoms with E-state index in [1.54, 1.807) is 32.5 Å². The molecule has 0 aliphatic carbocycles. The highest BCUT2D eigenvalue weighted by Crippen LogP contribution is 2.31. The minimum absolute atomic E-state index is 0.229. The van der Waals surface area contributed by atoms with E-state index < -0.39 is 5.92 Å². The number of aryl methyl sites for hydroxylation is 2. The average molecular weight is 317 g/mol. The third-order valence-corrected chi connectivity index (χ3v) is 4.70. The first kappa shape index (κ1) is 14.7. The van der Waals surface area contributed by atoms with Gasteiger partial charge in [-0.2, -0.15) is 5.26 Å². The van der Waals surface area contributed by atoms with Gasteiger partial charge in [0, 0.05) is 17.9 Å². The van der Waals surface area contributed by atoms with Crippen molar-refractivity contribution in [3.8, 4) is 6.07 Å². The first-order valence-corrected chi connectivity index (χ1v) is 7.88. The molecule has 8 heteroatoms. The summed E-state index contributed by atoms with van der Waals surface area (Å²) in [6, 6.07) is 2.12. The lowest BCUT2D eigenvalue weighted by molar-refractivity contribution is -0.117. The van der Waals surface area contributed by atoms with Crippen molar-refractivity contribution in [1.29, 1.82) is 5.26 Å². The van der Waals surface area contributed by atoms with Gasteiger partial charge in [-0.3, -0.25) is 4.79 Å². The standard InChI is InChI=1S/C14H15N5O2S/c1-7(11-8(2)18-21-9(11)3)13(20)16-12-10(6-15)19-4-5-22-14(19)17-12/h7H,4-5H2,1-3H3,(H,16,20). The number of hydrogen-bond acceptors (Lipinski definition) is 6. The lowest BCUT2D eigenvalue weighted by Gasteiger charge is -2.11. The summed E-state index contributed by atoms with van der Waals surface area (Å²) in [4.78, 5) is 16.8. The van der Waals surface area contributed by atoms with Crippen molar-refractivity contribution < 1.29 is 9.32 Å². The Bertz CT molecular complexity index is 766. The van der Waals surface area contributed by atoms with Crippen LogP contribution in [0.4, 0.5) is 5.82 Å². The van der Waals surface area contributed by atoms with Crippen LogP contribution in [0.2, 0.25) is 0 Å². The van der Waals surface area contributed by atoms with Gasteiger partial charge in [-0.25, -0.2) is 4.98 Å². The molecule has 114 valence electrons. The van der Waals surface area contributed by atoms with Crippen molar-refractivity contribution in [2.24, 2.45) is 0 Å². The van der Waals surface area contributed by atoms with E-state index in [0.29, 0.717) is 23.0 Å². The van der Waals surface area contributed by atoms with E-state index >= 15 is 0 Å². The largest absolute Gasteiger partial charge is 0.361 e. The zero-order valence-corrected chi connectivity index (χ0v) is 13.3. The molecule has 0 aromatic carbocycles. The Morgan fingerprint density at radius 1 is 1.55 bits per heavy atom. The molecule has 22 heavy (non-hydrogen) atoms. The van der Waals surface area contributed by atoms with E-state index in [1.807, 2.05) is 4.57 Å². The van der Waals surface area contributed by atoms with Crippen molar-refractivity contribution in [1.82, 2.24) is 14.7 Å². The summed E-state index contributed by atoms with van der Waals surface area (Å²) >= 11 is 1.58. The molecule has 0 spiro atoms. The molecule has 3 rings (SSSR count). The number of hydrogen-bond donors (Lipinski definition) is 1. The Kier molecular flexibility index (Phi) is 3.66. The summed E-state index contributed by atoms with van der Waals surface area (Å²) in [6.45, 7) is 6.11. The second-order valence-electron chi connectivity index (χ2n) is 5.15. The maximum absolute atomic E-state index is 12.5. The number of thioether (sulfide) groups is 1. The monoisotopic (exact) mass is 317 g/mol. The molecule has 3 heterocycles. The minimum atomic E-state index is -0.429. The smallest absolute Gasteiger partial charge is 0.233 e. The Labute approximate surface area is 131 Å². The first-order valence-electron chi connectivity index (χ1n) is 6.90. The van der Waals surface area contributed by atoms with Gasteiger partial charge in [0.15, 0.2) is 16.7 Å². The van der Waals surface area contributed by atoms with Crippen LogP contribution >= 0.6 is 11.8 Å². The number of imidazole rings is 1. The van der Waals surface area contributed by atoms with E-state index in [-0.39, 0.29) is 5.91 Å². The highest BCUT2D eigenvalue weighted by Gasteiger charge is 2.27. The van der Waals surface area contributed by atoms with Crippen LogP contribution in [0.15, 0.2) is 9.68 Å². The molecule has 1 amide bonds. The average Bonchev–Trinajstić information content (AvgIpc) is 3.13. The van der Waals surface area contributed by atoms with Crippen LogP contribution in [0.25, 0.3) is 0 Å². The maximum Gasteiger partial charge on any atom is 0.233 e. The molecule has 1 atom stereocenters. The third kappa shape index (κ3) is 2.27. The van der Waals surface area contributed by atoms with Crippen molar-refractivity contribution >= 4 is 23.5 Å². The van der Waals surface area contributed by atoms with Crippen LogP contribution in [0.5, 0.6) is 0 Å². The maximum atomic E-state index is 12.5. The van der Waals surface area contributed by atoms with Crippen LogP contribution in [0, 0.1) is 25.2 Å². The second kappa shape index (κ2) is 5.50. The van der Waals surface area contributed by atoms with Crippen molar-refractivity contribution in [3.63, 3.8) is 0 Å². The van der Waals surface area contributed by atoms with Gasteiger partial charge in [-0.05, 0) is 20.8 Å². The fraction of sp³-hybridized carbons (Fsp3) is 0.429. The van der Waals surface area contributed by atoms with Gasteiger partial charge >= 0.3 is 0 Å². The molecular weight excluding hydrogens is 302 g/mol. The van der Waals surface area contributed by atoms with Crippen LogP contribution in [-0.2, 0) is 11.3 Å². The summed E-state index contributed by atoms with van der Waals surface area (Å²) in [5.41, 5.74) is 1.87. The van der Waals surface area contributed by atoms with Gasteiger partial charge < -0.3 is 14.4 Å². The molecule has 1 unspecified atom stereocenters. The van der Waals surface area contributed by atoms with Gasteiger partial charge in [0.25, 0.3) is 0 Å². The molecule has 1 N–H and O–H groups in total. The fourth-order valence-corrected chi connectivity index (χ4v) is 3.59. The highest BCUT2D eigenvalue weighted by atomic mass is 32.2. The fourth-order valence-electron chi connectivity index (χ4n) is 2.64. The molecule has 0 radical (unpaired) electrons. The summed E-state index contributed by atoms with van der Waals surface area (Å²) < 4.78 is 6.94. The number of aromatic nitrogens is 3. The predicted molar refractivity (Wildman–Crippen MR) is 80.7 cm³/mol. The predicted octanol–water partition coefficient (Wildman–Crippen LogP) is 2.21. The number of nitriles is 1. The Hall–Kier alpha value is -2.27. The quantitative estimate of drug-likeness (QED) is 0.932. The van der Waals surface area contributed by atoms with E-state index in [1.165, 1.54) is 0 Å². The van der Waals surface area contributed by atoms with E-state index in [0.717, 1.165) is 23.0 Å². The number of carbonyl (C=O) groups excluding carboxylic acids is 1. The SMILES string of the molecule is Cc1noc(C)c1C(C)C(=O)Nc1nc2n(c1C#N)CCS2. The molecule has 1 aliphatic heterocycles. The summed E-state index contributed by atoms with van der Waals surface area (Å²) in [6.07, 6.45) is 0. The Balaban J connectivity index is 1.85. The summed E-state index contributed by atoms with van der Waals surface area (Å²) in [7, 11) is 0. The molecule has 2 aromatic rings. The van der Waals surface area contributed by atoms with E-state index in [2.05, 4.69) is 21.5 Å². The van der Waals surface area contributed by atoms with Crippen LogP contribution in [-0.4, -0.2) is 26.4 Å². The Morgan fingerprint density at radius 2 is 2.32 bits per heavy atom.